The van der Waals surface area contributed by atoms with Gasteiger partial charge in [0.25, 0.3) is 0 Å². The van der Waals surface area contributed by atoms with Crippen LogP contribution in [0, 0.1) is 0 Å². The lowest BCUT2D eigenvalue weighted by molar-refractivity contribution is 0.0486. The van der Waals surface area contributed by atoms with E-state index in [4.69, 9.17) is 14.2 Å². The van der Waals surface area contributed by atoms with Crippen LogP contribution in [0.15, 0.2) is 18.3 Å². The summed E-state index contributed by atoms with van der Waals surface area (Å²) in [6, 6.07) is 3.64. The maximum Gasteiger partial charge on any atom is 0.204 e. The molecule has 0 fully saturated rings. The van der Waals surface area contributed by atoms with Gasteiger partial charge in [-0.05, 0) is 18.6 Å². The number of carbonyl (C=O) groups is 1. The first-order valence-corrected chi connectivity index (χ1v) is 6.04. The molecule has 1 heterocycles. The summed E-state index contributed by atoms with van der Waals surface area (Å²) in [5.41, 5.74) is 0.673. The molecule has 0 saturated carbocycles. The van der Waals surface area contributed by atoms with Crippen molar-refractivity contribution in [1.82, 2.24) is 4.57 Å². The molecule has 0 aromatic carbocycles. The quantitative estimate of drug-likeness (QED) is 0.467. The summed E-state index contributed by atoms with van der Waals surface area (Å²) >= 11 is 0. The molecule has 1 aromatic heterocycles. The Morgan fingerprint density at radius 3 is 2.67 bits per heavy atom. The van der Waals surface area contributed by atoms with Crippen molar-refractivity contribution in [2.24, 2.45) is 7.05 Å². The largest absolute Gasteiger partial charge is 0.382 e. The van der Waals surface area contributed by atoms with Gasteiger partial charge in [-0.25, -0.2) is 0 Å². The number of hydrogen-bond donors (Lipinski definition) is 0. The van der Waals surface area contributed by atoms with E-state index in [2.05, 4.69) is 0 Å². The smallest absolute Gasteiger partial charge is 0.204 e. The first-order chi connectivity index (χ1) is 8.75. The van der Waals surface area contributed by atoms with E-state index >= 15 is 0 Å². The van der Waals surface area contributed by atoms with Gasteiger partial charge in [-0.2, -0.15) is 0 Å². The summed E-state index contributed by atoms with van der Waals surface area (Å²) in [5, 5.41) is 0. The van der Waals surface area contributed by atoms with E-state index in [0.717, 1.165) is 6.42 Å². The number of ketones is 1. The van der Waals surface area contributed by atoms with Gasteiger partial charge in [0, 0.05) is 33.6 Å². The first kappa shape index (κ1) is 14.9. The second-order valence-electron chi connectivity index (χ2n) is 3.94. The molecular weight excluding hydrogens is 234 g/mol. The minimum atomic E-state index is 0.00259. The van der Waals surface area contributed by atoms with Crippen molar-refractivity contribution < 1.29 is 19.0 Å². The zero-order valence-electron chi connectivity index (χ0n) is 11.1. The van der Waals surface area contributed by atoms with Crippen molar-refractivity contribution in [3.05, 3.63) is 24.0 Å². The predicted octanol–water partition coefficient (Wildman–Crippen LogP) is 1.28. The van der Waals surface area contributed by atoms with Gasteiger partial charge in [0.2, 0.25) is 5.78 Å². The highest BCUT2D eigenvalue weighted by Gasteiger charge is 2.08. The van der Waals surface area contributed by atoms with Crippen LogP contribution in [-0.4, -0.2) is 50.5 Å². The third-order valence-electron chi connectivity index (χ3n) is 2.47. The van der Waals surface area contributed by atoms with Gasteiger partial charge >= 0.3 is 0 Å². The number of rotatable bonds is 10. The van der Waals surface area contributed by atoms with E-state index in [-0.39, 0.29) is 12.4 Å². The molecule has 0 bridgehead atoms. The number of aromatic nitrogens is 1. The fourth-order valence-corrected chi connectivity index (χ4v) is 1.50. The molecular formula is C13H21NO4. The van der Waals surface area contributed by atoms with Gasteiger partial charge in [0.1, 0.15) is 6.61 Å². The van der Waals surface area contributed by atoms with Gasteiger partial charge in [-0.15, -0.1) is 0 Å². The van der Waals surface area contributed by atoms with E-state index < -0.39 is 0 Å². The molecule has 5 nitrogen and oxygen atoms in total. The number of methoxy groups -OCH3 is 1. The number of Topliss-reactive ketones (excluding diaryl/α,β-unsaturated/α-hetero) is 1. The van der Waals surface area contributed by atoms with E-state index in [1.807, 2.05) is 19.3 Å². The molecule has 1 rings (SSSR count). The molecule has 0 spiro atoms. The van der Waals surface area contributed by atoms with Crippen LogP contribution in [0.4, 0.5) is 0 Å². The number of hydrogen-bond acceptors (Lipinski definition) is 4. The van der Waals surface area contributed by atoms with Gasteiger partial charge in [0.05, 0.1) is 18.9 Å². The van der Waals surface area contributed by atoms with Crippen LogP contribution in [0.3, 0.4) is 0 Å². The van der Waals surface area contributed by atoms with Gasteiger partial charge in [-0.1, -0.05) is 0 Å². The van der Waals surface area contributed by atoms with Gasteiger partial charge < -0.3 is 18.8 Å². The van der Waals surface area contributed by atoms with Crippen molar-refractivity contribution in [1.29, 1.82) is 0 Å². The summed E-state index contributed by atoms with van der Waals surface area (Å²) in [5.74, 6) is 0.00259. The fourth-order valence-electron chi connectivity index (χ4n) is 1.50. The molecule has 0 aliphatic carbocycles. The number of carbonyl (C=O) groups excluding carboxylic acids is 1. The molecule has 0 unspecified atom stereocenters. The molecule has 0 aliphatic heterocycles. The third-order valence-corrected chi connectivity index (χ3v) is 2.47. The second kappa shape index (κ2) is 8.85. The lowest BCUT2D eigenvalue weighted by atomic mass is 10.3. The summed E-state index contributed by atoms with van der Waals surface area (Å²) in [4.78, 5) is 11.7. The SMILES string of the molecule is COCCOCCCOCC(=O)c1cccn1C. The molecule has 0 atom stereocenters. The van der Waals surface area contributed by atoms with Crippen molar-refractivity contribution in [2.75, 3.05) is 40.1 Å². The van der Waals surface area contributed by atoms with Gasteiger partial charge in [0.15, 0.2) is 0 Å². The Hall–Kier alpha value is -1.17. The monoisotopic (exact) mass is 255 g/mol. The molecule has 0 saturated heterocycles. The van der Waals surface area contributed by atoms with E-state index in [1.54, 1.807) is 17.7 Å². The Labute approximate surface area is 108 Å². The zero-order chi connectivity index (χ0) is 13.2. The van der Waals surface area contributed by atoms with E-state index in [9.17, 15) is 4.79 Å². The molecule has 102 valence electrons. The summed E-state index contributed by atoms with van der Waals surface area (Å²) < 4.78 is 17.2. The number of aryl methyl sites for hydroxylation is 1. The summed E-state index contributed by atoms with van der Waals surface area (Å²) in [7, 11) is 3.48. The van der Waals surface area contributed by atoms with Gasteiger partial charge in [-0.3, -0.25) is 4.79 Å². The van der Waals surface area contributed by atoms with E-state index in [0.29, 0.717) is 32.1 Å². The Morgan fingerprint density at radius 1 is 1.22 bits per heavy atom. The molecule has 5 heteroatoms. The second-order valence-corrected chi connectivity index (χ2v) is 3.94. The van der Waals surface area contributed by atoms with Crippen LogP contribution in [-0.2, 0) is 21.3 Å². The number of nitrogens with zero attached hydrogens (tertiary/aromatic N) is 1. The molecule has 0 N–H and O–H groups in total. The number of ether oxygens (including phenoxy) is 3. The summed E-state index contributed by atoms with van der Waals surface area (Å²) in [6.45, 7) is 2.48. The maximum absolute atomic E-state index is 11.7. The van der Waals surface area contributed by atoms with E-state index in [1.165, 1.54) is 0 Å². The first-order valence-electron chi connectivity index (χ1n) is 6.04. The highest BCUT2D eigenvalue weighted by atomic mass is 16.5. The molecule has 0 aliphatic rings. The highest BCUT2D eigenvalue weighted by molar-refractivity contribution is 5.95. The molecule has 18 heavy (non-hydrogen) atoms. The Kier molecular flexibility index (Phi) is 7.32. The summed E-state index contributed by atoms with van der Waals surface area (Å²) in [6.07, 6.45) is 2.63. The Balaban J connectivity index is 2.01. The lowest BCUT2D eigenvalue weighted by Gasteiger charge is -2.05. The minimum absolute atomic E-state index is 0.00259. The normalized spacial score (nSPS) is 10.8. The van der Waals surface area contributed by atoms with Crippen LogP contribution in [0.5, 0.6) is 0 Å². The molecule has 0 amide bonds. The van der Waals surface area contributed by atoms with Crippen LogP contribution in [0.2, 0.25) is 0 Å². The zero-order valence-corrected chi connectivity index (χ0v) is 11.1. The van der Waals surface area contributed by atoms with Crippen LogP contribution in [0.25, 0.3) is 0 Å². The Morgan fingerprint density at radius 2 is 2.00 bits per heavy atom. The van der Waals surface area contributed by atoms with Crippen LogP contribution in [0.1, 0.15) is 16.9 Å². The lowest BCUT2D eigenvalue weighted by Crippen LogP contribution is -2.14. The van der Waals surface area contributed by atoms with Crippen molar-refractivity contribution >= 4 is 5.78 Å². The highest BCUT2D eigenvalue weighted by Crippen LogP contribution is 2.01. The molecule has 1 aromatic rings. The minimum Gasteiger partial charge on any atom is -0.382 e. The third kappa shape index (κ3) is 5.44. The van der Waals surface area contributed by atoms with Crippen molar-refractivity contribution in [3.8, 4) is 0 Å². The van der Waals surface area contributed by atoms with Crippen molar-refractivity contribution in [2.45, 2.75) is 6.42 Å². The predicted molar refractivity (Wildman–Crippen MR) is 67.9 cm³/mol. The Bertz CT molecular complexity index is 349. The standard InChI is InChI=1S/C13H21NO4/c1-14-6-3-5-12(14)13(15)11-18-8-4-7-17-10-9-16-2/h3,5-6H,4,7-11H2,1-2H3. The van der Waals surface area contributed by atoms with Crippen LogP contribution >= 0.6 is 0 Å². The topological polar surface area (TPSA) is 49.7 Å². The van der Waals surface area contributed by atoms with Crippen LogP contribution < -0.4 is 0 Å². The average Bonchev–Trinajstić information content (AvgIpc) is 2.79. The fraction of sp³-hybridized carbons (Fsp3) is 0.615. The average molecular weight is 255 g/mol. The van der Waals surface area contributed by atoms with Crippen molar-refractivity contribution in [3.63, 3.8) is 0 Å². The molecule has 0 radical (unpaired) electrons. The maximum atomic E-state index is 11.7.